The van der Waals surface area contributed by atoms with Crippen LogP contribution in [-0.4, -0.2) is 72.3 Å². The van der Waals surface area contributed by atoms with Gasteiger partial charge in [-0.15, -0.1) is 0 Å². The molecule has 2 aliphatic carbocycles. The number of nitrogens with one attached hydrogen (secondary N) is 3. The fourth-order valence-electron chi connectivity index (χ4n) is 11.0. The molecular formula is C56H93N5O6. The average molecular weight is 932 g/mol. The molecule has 4 atom stereocenters. The third-order valence-corrected chi connectivity index (χ3v) is 14.7. The second-order valence-electron chi connectivity index (χ2n) is 27.1. The normalized spacial score (nSPS) is 26.4. The van der Waals surface area contributed by atoms with Crippen LogP contribution in [0.25, 0.3) is 6.08 Å². The lowest BCUT2D eigenvalue weighted by Gasteiger charge is -2.50. The molecule has 0 radical (unpaired) electrons. The number of rotatable bonds is 10. The van der Waals surface area contributed by atoms with E-state index in [0.29, 0.717) is 34.4 Å². The van der Waals surface area contributed by atoms with Crippen molar-refractivity contribution >= 4 is 41.5 Å². The molecule has 2 fully saturated rings. The van der Waals surface area contributed by atoms with E-state index in [0.717, 1.165) is 25.7 Å². The van der Waals surface area contributed by atoms with Crippen LogP contribution in [0.4, 0.5) is 5.82 Å². The number of hydrogen-bond acceptors (Lipinski definition) is 8. The van der Waals surface area contributed by atoms with Crippen molar-refractivity contribution in [3.05, 3.63) is 33.7 Å². The molecule has 1 aliphatic heterocycles. The Kier molecular flexibility index (Phi) is 16.9. The highest BCUT2D eigenvalue weighted by atomic mass is 16.5. The fraction of sp³-hybridized carbons (Fsp3) is 0.768. The van der Waals surface area contributed by atoms with Gasteiger partial charge >= 0.3 is 11.9 Å². The molecule has 1 aromatic rings. The predicted octanol–water partition coefficient (Wildman–Crippen LogP) is 12.5. The van der Waals surface area contributed by atoms with Gasteiger partial charge in [-0.05, 0) is 102 Å². The van der Waals surface area contributed by atoms with Gasteiger partial charge in [0.15, 0.2) is 0 Å². The second kappa shape index (κ2) is 20.3. The predicted molar refractivity (Wildman–Crippen MR) is 275 cm³/mol. The molecule has 378 valence electrons. The minimum absolute atomic E-state index is 0.0958. The number of nitrogens with zero attached hydrogens (tertiary/aromatic N) is 2. The highest BCUT2D eigenvalue weighted by Gasteiger charge is 2.50. The molecule has 2 saturated carbocycles. The van der Waals surface area contributed by atoms with Crippen LogP contribution in [0.1, 0.15) is 199 Å². The summed E-state index contributed by atoms with van der Waals surface area (Å²) in [7, 11) is 3.64. The van der Waals surface area contributed by atoms with Crippen LogP contribution in [0.3, 0.4) is 0 Å². The first-order valence-corrected chi connectivity index (χ1v) is 25.3. The Balaban J connectivity index is 2.00. The van der Waals surface area contributed by atoms with E-state index in [9.17, 15) is 9.59 Å². The van der Waals surface area contributed by atoms with Gasteiger partial charge in [0.25, 0.3) is 0 Å². The number of esters is 2. The number of likely N-dealkylation sites (N-methyl/N-ethyl adjacent to an activating group) is 1. The molecular weight excluding hydrogens is 839 g/mol. The lowest BCUT2D eigenvalue weighted by molar-refractivity contribution is -0.164. The summed E-state index contributed by atoms with van der Waals surface area (Å²) >= 11 is 0. The quantitative estimate of drug-likeness (QED) is 0.198. The number of amidine groups is 1. The number of carbonyl (C=O) groups excluding carboxylic acids is 4. The molecule has 0 aromatic carbocycles. The lowest BCUT2D eigenvalue weighted by atomic mass is 9.59. The molecule has 11 nitrogen and oxygen atoms in total. The van der Waals surface area contributed by atoms with E-state index in [1.165, 1.54) is 0 Å². The molecule has 11 heteroatoms. The Labute approximate surface area is 406 Å². The number of aliphatic imine (C=N–C) groups is 1. The van der Waals surface area contributed by atoms with Crippen molar-refractivity contribution in [3.8, 4) is 0 Å². The Bertz CT molecular complexity index is 2040. The topological polar surface area (TPSA) is 142 Å². The van der Waals surface area contributed by atoms with Crippen molar-refractivity contribution in [2.45, 2.75) is 189 Å². The van der Waals surface area contributed by atoms with Gasteiger partial charge in [0.1, 0.15) is 35.0 Å². The van der Waals surface area contributed by atoms with Gasteiger partial charge in [0.2, 0.25) is 11.8 Å². The maximum atomic E-state index is 15.2. The number of hydrogen-bond donors (Lipinski definition) is 3. The minimum atomic E-state index is -0.788. The minimum Gasteiger partial charge on any atom is -0.458 e. The van der Waals surface area contributed by atoms with Gasteiger partial charge in [-0.3, -0.25) is 9.59 Å². The highest BCUT2D eigenvalue weighted by molar-refractivity contribution is 6.26. The van der Waals surface area contributed by atoms with Crippen molar-refractivity contribution in [3.63, 3.8) is 0 Å². The number of aromatic amines is 1. The van der Waals surface area contributed by atoms with E-state index >= 15 is 9.59 Å². The summed E-state index contributed by atoms with van der Waals surface area (Å²) in [4.78, 5) is 68.1. The van der Waals surface area contributed by atoms with Crippen molar-refractivity contribution < 1.29 is 28.7 Å². The van der Waals surface area contributed by atoms with Crippen molar-refractivity contribution in [2.24, 2.45) is 73.5 Å². The molecule has 4 rings (SSSR count). The number of amides is 2. The van der Waals surface area contributed by atoms with E-state index in [1.54, 1.807) is 4.90 Å². The SMILES string of the molecule is CC1CC(C(C)(C)C)C(OC(=O)C2=C(C(C)C)C(=Cc3[nH]c(NC(=O)CN(C)C)c(C(=O)OC4C(C(C)(C)C)CC(C)CC4C(C)(C)C)c3C(C)C)N=C2NC(=O)C(C)(C)C)C(C(C)(C)C)C1. The van der Waals surface area contributed by atoms with Gasteiger partial charge in [-0.25, -0.2) is 14.6 Å². The Morgan fingerprint density at radius 3 is 1.45 bits per heavy atom. The second-order valence-corrected chi connectivity index (χ2v) is 27.1. The molecule has 2 amide bonds. The summed E-state index contributed by atoms with van der Waals surface area (Å²) in [5.41, 5.74) is 1.50. The van der Waals surface area contributed by atoms with Gasteiger partial charge < -0.3 is 30.0 Å². The molecule has 0 spiro atoms. The van der Waals surface area contributed by atoms with Crippen LogP contribution < -0.4 is 10.6 Å². The monoisotopic (exact) mass is 932 g/mol. The Hall–Kier alpha value is -3.73. The maximum Gasteiger partial charge on any atom is 0.342 e. The van der Waals surface area contributed by atoms with Crippen molar-refractivity contribution in [1.82, 2.24) is 15.2 Å². The van der Waals surface area contributed by atoms with Crippen LogP contribution in [0.2, 0.25) is 0 Å². The van der Waals surface area contributed by atoms with Crippen LogP contribution in [0.5, 0.6) is 0 Å². The molecule has 0 saturated heterocycles. The zero-order valence-electron chi connectivity index (χ0n) is 46.2. The Morgan fingerprint density at radius 1 is 0.672 bits per heavy atom. The van der Waals surface area contributed by atoms with Crippen LogP contribution >= 0.6 is 0 Å². The zero-order chi connectivity index (χ0) is 51.3. The Morgan fingerprint density at radius 2 is 1.09 bits per heavy atom. The number of anilines is 1. The molecule has 67 heavy (non-hydrogen) atoms. The van der Waals surface area contributed by atoms with Crippen molar-refractivity contribution in [2.75, 3.05) is 26.0 Å². The average Bonchev–Trinajstić information content (AvgIpc) is 3.67. The summed E-state index contributed by atoms with van der Waals surface area (Å²) in [6, 6.07) is 0. The number of carbonyl (C=O) groups is 4. The molecule has 3 aliphatic rings. The summed E-state index contributed by atoms with van der Waals surface area (Å²) in [6.07, 6.45) is 4.89. The van der Waals surface area contributed by atoms with Crippen molar-refractivity contribution in [1.29, 1.82) is 0 Å². The van der Waals surface area contributed by atoms with Gasteiger partial charge in [0.05, 0.1) is 12.2 Å². The number of ether oxygens (including phenoxy) is 2. The van der Waals surface area contributed by atoms with E-state index in [2.05, 4.69) is 113 Å². The standard InChI is InChI=1S/C56H93N5O6/c1-30(2)41-38(57-47(59-40(62)29-61(22)23)43(41)49(63)66-45-34(52(7,8)9)24-32(5)25-35(45)53(10,11)12)28-39-42(31(3)4)44(48(58-39)60-51(65)56(19,20)21)50(64)67-46-36(54(13,14)15)26-33(6)27-37(46)55(16,17)18/h28,30-37,45-46,57H,24-27,29H2,1-23H3,(H,59,62)(H,58,60,65). The summed E-state index contributed by atoms with van der Waals surface area (Å²) in [5.74, 6) is -0.250. The van der Waals surface area contributed by atoms with Crippen LogP contribution in [0.15, 0.2) is 21.8 Å². The fourth-order valence-corrected chi connectivity index (χ4v) is 11.0. The van der Waals surface area contributed by atoms with E-state index in [4.69, 9.17) is 14.5 Å². The van der Waals surface area contributed by atoms with Gasteiger partial charge in [0, 0.05) is 34.8 Å². The van der Waals surface area contributed by atoms with Gasteiger partial charge in [-0.1, -0.05) is 145 Å². The molecule has 0 bridgehead atoms. The summed E-state index contributed by atoms with van der Waals surface area (Å²) < 4.78 is 13.7. The van der Waals surface area contributed by atoms with Crippen LogP contribution in [0, 0.1) is 68.5 Å². The molecule has 4 unspecified atom stereocenters. The first-order chi connectivity index (χ1) is 30.3. The summed E-state index contributed by atoms with van der Waals surface area (Å²) in [5, 5.41) is 6.08. The number of allylic oxidation sites excluding steroid dienone is 1. The first kappa shape index (κ1) is 55.9. The first-order valence-electron chi connectivity index (χ1n) is 25.3. The zero-order valence-corrected chi connectivity index (χ0v) is 46.2. The molecule has 2 heterocycles. The number of aromatic nitrogens is 1. The largest absolute Gasteiger partial charge is 0.458 e. The van der Waals surface area contributed by atoms with E-state index in [-0.39, 0.29) is 111 Å². The number of H-pyrrole nitrogens is 1. The maximum absolute atomic E-state index is 15.2. The van der Waals surface area contributed by atoms with E-state index in [1.807, 2.05) is 68.6 Å². The highest BCUT2D eigenvalue weighted by Crippen LogP contribution is 2.52. The molecule has 1 aromatic heterocycles. The third-order valence-electron chi connectivity index (χ3n) is 14.7. The van der Waals surface area contributed by atoms with E-state index < -0.39 is 17.4 Å². The summed E-state index contributed by atoms with van der Waals surface area (Å²) in [6.45, 7) is 45.0. The third kappa shape index (κ3) is 13.3. The smallest absolute Gasteiger partial charge is 0.342 e. The van der Waals surface area contributed by atoms with Crippen LogP contribution in [-0.2, 0) is 23.9 Å². The van der Waals surface area contributed by atoms with Gasteiger partial charge in [-0.2, -0.15) is 0 Å². The lowest BCUT2D eigenvalue weighted by Crippen LogP contribution is -2.50. The molecule has 3 N–H and O–H groups in total.